The Morgan fingerprint density at radius 2 is 1.71 bits per heavy atom. The van der Waals surface area contributed by atoms with Crippen molar-refractivity contribution >= 4 is 21.9 Å². The molecular weight excluding hydrogens is 298 g/mol. The van der Waals surface area contributed by atoms with Gasteiger partial charge >= 0.3 is 5.97 Å². The van der Waals surface area contributed by atoms with Crippen LogP contribution >= 0.6 is 0 Å². The zero-order valence-electron chi connectivity index (χ0n) is 11.9. The number of hydrogen-bond acceptors (Lipinski definition) is 6. The molecule has 0 heterocycles. The van der Waals surface area contributed by atoms with Gasteiger partial charge in [0.05, 0.1) is 25.0 Å². The van der Waals surface area contributed by atoms with Gasteiger partial charge in [-0.15, -0.1) is 0 Å². The van der Waals surface area contributed by atoms with E-state index in [4.69, 9.17) is 10.3 Å². The van der Waals surface area contributed by atoms with Gasteiger partial charge in [0.25, 0.3) is 10.1 Å². The van der Waals surface area contributed by atoms with Crippen molar-refractivity contribution in [1.29, 1.82) is 0 Å². The van der Waals surface area contributed by atoms with Crippen LogP contribution in [0.5, 0.6) is 0 Å². The fraction of sp³-hybridized carbons (Fsp3) is 0.385. The molecule has 7 nitrogen and oxygen atoms in total. The van der Waals surface area contributed by atoms with Crippen LogP contribution in [0.1, 0.15) is 18.4 Å². The molecule has 3 N–H and O–H groups in total. The van der Waals surface area contributed by atoms with Crippen LogP contribution in [-0.2, 0) is 24.4 Å². The van der Waals surface area contributed by atoms with E-state index >= 15 is 0 Å². The molecule has 8 heteroatoms. The fourth-order valence-electron chi connectivity index (χ4n) is 1.16. The number of carbonyl (C=O) groups is 2. The summed E-state index contributed by atoms with van der Waals surface area (Å²) in [6.07, 6.45) is 0.315. The molecule has 0 unspecified atom stereocenters. The summed E-state index contributed by atoms with van der Waals surface area (Å²) in [5.41, 5.74) is 5.95. The molecule has 0 saturated heterocycles. The summed E-state index contributed by atoms with van der Waals surface area (Å²) in [7, 11) is -2.73. The van der Waals surface area contributed by atoms with Crippen molar-refractivity contribution < 1.29 is 27.3 Å². The summed E-state index contributed by atoms with van der Waals surface area (Å²) in [6, 6.07) is 5.99. The maximum atomic E-state index is 10.5. The van der Waals surface area contributed by atoms with Crippen molar-refractivity contribution in [3.05, 3.63) is 29.8 Å². The minimum atomic E-state index is -4.02. The standard InChI is InChI=1S/C7H8O3S.C6H11NO3/c1-6-2-4-7(5-3-6)11(8,9)10;1-10-6(9)3-2-5(8)4-7/h2-5H,1H3,(H,8,9,10);2-4,7H2,1H3. The van der Waals surface area contributed by atoms with Gasteiger partial charge in [-0.05, 0) is 19.1 Å². The van der Waals surface area contributed by atoms with E-state index in [1.807, 2.05) is 6.92 Å². The summed E-state index contributed by atoms with van der Waals surface area (Å²) in [4.78, 5) is 20.8. The second kappa shape index (κ2) is 9.22. The monoisotopic (exact) mass is 317 g/mol. The number of ether oxygens (including phenoxy) is 1. The molecular formula is C13H19NO6S. The number of rotatable bonds is 5. The van der Waals surface area contributed by atoms with Crippen molar-refractivity contribution in [3.63, 3.8) is 0 Å². The lowest BCUT2D eigenvalue weighted by Gasteiger charge is -1.95. The van der Waals surface area contributed by atoms with Crippen LogP contribution < -0.4 is 5.73 Å². The van der Waals surface area contributed by atoms with E-state index in [1.165, 1.54) is 19.2 Å². The second-order valence-electron chi connectivity index (χ2n) is 4.11. The minimum absolute atomic E-state index is 0.00298. The normalized spacial score (nSPS) is 10.3. The quantitative estimate of drug-likeness (QED) is 0.605. The second-order valence-corrected chi connectivity index (χ2v) is 5.53. The first-order valence-corrected chi connectivity index (χ1v) is 7.47. The third-order valence-electron chi connectivity index (χ3n) is 2.38. The topological polar surface area (TPSA) is 124 Å². The van der Waals surface area contributed by atoms with Gasteiger partial charge < -0.3 is 10.5 Å². The summed E-state index contributed by atoms with van der Waals surface area (Å²) in [6.45, 7) is 1.84. The molecule has 0 aliphatic heterocycles. The van der Waals surface area contributed by atoms with Gasteiger partial charge in [-0.2, -0.15) is 8.42 Å². The highest BCUT2D eigenvalue weighted by Crippen LogP contribution is 2.08. The van der Waals surface area contributed by atoms with Gasteiger partial charge in [0.1, 0.15) is 5.78 Å². The Hall–Kier alpha value is -1.77. The Morgan fingerprint density at radius 1 is 1.19 bits per heavy atom. The van der Waals surface area contributed by atoms with E-state index in [-0.39, 0.29) is 36.0 Å². The minimum Gasteiger partial charge on any atom is -0.469 e. The lowest BCUT2D eigenvalue weighted by Crippen LogP contribution is -2.14. The molecule has 0 aliphatic carbocycles. The molecule has 21 heavy (non-hydrogen) atoms. The third kappa shape index (κ3) is 8.90. The lowest BCUT2D eigenvalue weighted by atomic mass is 10.2. The third-order valence-corrected chi connectivity index (χ3v) is 3.25. The molecule has 0 saturated carbocycles. The number of ketones is 1. The number of nitrogens with two attached hydrogens (primary N) is 1. The number of aryl methyl sites for hydroxylation is 1. The number of carbonyl (C=O) groups excluding carboxylic acids is 2. The molecule has 0 amide bonds. The zero-order valence-corrected chi connectivity index (χ0v) is 12.7. The van der Waals surface area contributed by atoms with E-state index in [0.29, 0.717) is 0 Å². The van der Waals surface area contributed by atoms with Crippen molar-refractivity contribution in [2.45, 2.75) is 24.7 Å². The Morgan fingerprint density at radius 3 is 2.10 bits per heavy atom. The number of methoxy groups -OCH3 is 1. The Kier molecular flexibility index (Phi) is 8.44. The number of Topliss-reactive ketones (excluding diaryl/α,β-unsaturated/α-hetero) is 1. The summed E-state index contributed by atoms with van der Waals surface area (Å²) in [5.74, 6) is -0.493. The average Bonchev–Trinajstić information content (AvgIpc) is 2.44. The first kappa shape index (κ1) is 19.2. The largest absolute Gasteiger partial charge is 0.469 e. The van der Waals surface area contributed by atoms with E-state index in [0.717, 1.165) is 5.56 Å². The molecule has 0 radical (unpaired) electrons. The molecule has 1 aromatic rings. The number of benzene rings is 1. The highest BCUT2D eigenvalue weighted by molar-refractivity contribution is 7.85. The predicted molar refractivity (Wildman–Crippen MR) is 76.3 cm³/mol. The van der Waals surface area contributed by atoms with Gasteiger partial charge in [0, 0.05) is 6.42 Å². The van der Waals surface area contributed by atoms with Gasteiger partial charge in [-0.1, -0.05) is 17.7 Å². The Balaban J connectivity index is 0.000000384. The zero-order chi connectivity index (χ0) is 16.5. The smallest absolute Gasteiger partial charge is 0.305 e. The first-order valence-electron chi connectivity index (χ1n) is 6.03. The number of esters is 1. The van der Waals surface area contributed by atoms with Crippen LogP contribution in [0.2, 0.25) is 0 Å². The Labute approximate surface area is 123 Å². The fourth-order valence-corrected chi connectivity index (χ4v) is 1.64. The van der Waals surface area contributed by atoms with Crippen LogP contribution in [0.4, 0.5) is 0 Å². The first-order chi connectivity index (χ1) is 9.70. The van der Waals surface area contributed by atoms with E-state index in [9.17, 15) is 18.0 Å². The maximum absolute atomic E-state index is 10.5. The maximum Gasteiger partial charge on any atom is 0.305 e. The molecule has 0 spiro atoms. The average molecular weight is 317 g/mol. The van der Waals surface area contributed by atoms with Crippen molar-refractivity contribution in [1.82, 2.24) is 0 Å². The summed E-state index contributed by atoms with van der Waals surface area (Å²) in [5, 5.41) is 0. The highest BCUT2D eigenvalue weighted by Gasteiger charge is 2.06. The molecule has 0 fully saturated rings. The molecule has 0 aromatic heterocycles. The SMILES string of the molecule is COC(=O)CCC(=O)CN.Cc1ccc(S(=O)(=O)O)cc1. The van der Waals surface area contributed by atoms with Crippen LogP contribution in [0.3, 0.4) is 0 Å². The van der Waals surface area contributed by atoms with Crippen LogP contribution in [0.25, 0.3) is 0 Å². The van der Waals surface area contributed by atoms with Crippen molar-refractivity contribution in [2.75, 3.05) is 13.7 Å². The van der Waals surface area contributed by atoms with Crippen LogP contribution in [0.15, 0.2) is 29.2 Å². The van der Waals surface area contributed by atoms with E-state index in [1.54, 1.807) is 12.1 Å². The molecule has 0 bridgehead atoms. The van der Waals surface area contributed by atoms with Crippen LogP contribution in [-0.4, -0.2) is 38.4 Å². The molecule has 1 aromatic carbocycles. The van der Waals surface area contributed by atoms with Gasteiger partial charge in [-0.25, -0.2) is 0 Å². The molecule has 118 valence electrons. The summed E-state index contributed by atoms with van der Waals surface area (Å²) >= 11 is 0. The van der Waals surface area contributed by atoms with Gasteiger partial charge in [-0.3, -0.25) is 14.1 Å². The summed E-state index contributed by atoms with van der Waals surface area (Å²) < 4.78 is 33.9. The molecule has 0 aliphatic rings. The van der Waals surface area contributed by atoms with Gasteiger partial charge in [0.2, 0.25) is 0 Å². The highest BCUT2D eigenvalue weighted by atomic mass is 32.2. The Bertz CT molecular complexity index is 549. The van der Waals surface area contributed by atoms with Crippen molar-refractivity contribution in [3.8, 4) is 0 Å². The van der Waals surface area contributed by atoms with Crippen molar-refractivity contribution in [2.24, 2.45) is 5.73 Å². The lowest BCUT2D eigenvalue weighted by molar-refractivity contribution is -0.141. The van der Waals surface area contributed by atoms with E-state index in [2.05, 4.69) is 4.74 Å². The predicted octanol–water partition coefficient (Wildman–Crippen LogP) is 0.709. The van der Waals surface area contributed by atoms with Crippen LogP contribution in [0, 0.1) is 6.92 Å². The van der Waals surface area contributed by atoms with Gasteiger partial charge in [0.15, 0.2) is 0 Å². The molecule has 1 rings (SSSR count). The van der Waals surface area contributed by atoms with E-state index < -0.39 is 10.1 Å². The number of hydrogen-bond donors (Lipinski definition) is 2. The molecule has 0 atom stereocenters.